The zero-order valence-corrected chi connectivity index (χ0v) is 11.1. The van der Waals surface area contributed by atoms with Crippen LogP contribution in [-0.2, 0) is 4.79 Å². The number of nitrogens with one attached hydrogen (secondary N) is 2. The van der Waals surface area contributed by atoms with Crippen LogP contribution in [0, 0.1) is 5.92 Å². The first-order chi connectivity index (χ1) is 9.43. The third-order valence-electron chi connectivity index (χ3n) is 2.76. The molecule has 3 amide bonds. The highest BCUT2D eigenvalue weighted by atomic mass is 16.4. The molecule has 108 valence electrons. The van der Waals surface area contributed by atoms with Crippen LogP contribution in [0.2, 0.25) is 0 Å². The number of carbonyl (C=O) groups excluding carboxylic acids is 2. The van der Waals surface area contributed by atoms with Crippen molar-refractivity contribution < 1.29 is 19.5 Å². The highest BCUT2D eigenvalue weighted by Gasteiger charge is 2.15. The van der Waals surface area contributed by atoms with Crippen LogP contribution >= 0.6 is 0 Å². The van der Waals surface area contributed by atoms with Gasteiger partial charge in [-0.2, -0.15) is 0 Å². The van der Waals surface area contributed by atoms with Gasteiger partial charge in [0.1, 0.15) is 0 Å². The van der Waals surface area contributed by atoms with Crippen LogP contribution in [0.15, 0.2) is 24.3 Å². The minimum atomic E-state index is -0.955. The number of aliphatic carboxylic acids is 1. The second-order valence-electron chi connectivity index (χ2n) is 4.22. The van der Waals surface area contributed by atoms with E-state index >= 15 is 0 Å². The van der Waals surface area contributed by atoms with Crippen molar-refractivity contribution in [2.24, 2.45) is 11.7 Å². The van der Waals surface area contributed by atoms with Crippen molar-refractivity contribution in [1.29, 1.82) is 0 Å². The Labute approximate surface area is 116 Å². The van der Waals surface area contributed by atoms with E-state index in [1.165, 1.54) is 12.1 Å². The molecule has 0 saturated heterocycles. The monoisotopic (exact) mass is 279 g/mol. The van der Waals surface area contributed by atoms with E-state index in [1.807, 2.05) is 0 Å². The van der Waals surface area contributed by atoms with Gasteiger partial charge in [0.2, 0.25) is 5.91 Å². The first-order valence-electron chi connectivity index (χ1n) is 6.11. The van der Waals surface area contributed by atoms with Gasteiger partial charge in [-0.1, -0.05) is 13.0 Å². The van der Waals surface area contributed by atoms with Crippen molar-refractivity contribution in [3.05, 3.63) is 29.8 Å². The number of benzene rings is 1. The van der Waals surface area contributed by atoms with Crippen LogP contribution in [-0.4, -0.2) is 29.6 Å². The number of urea groups is 1. The van der Waals surface area contributed by atoms with E-state index in [0.717, 1.165) is 0 Å². The maximum Gasteiger partial charge on any atom is 0.319 e. The van der Waals surface area contributed by atoms with Gasteiger partial charge >= 0.3 is 12.0 Å². The van der Waals surface area contributed by atoms with Gasteiger partial charge in [-0.15, -0.1) is 0 Å². The number of amides is 3. The highest BCUT2D eigenvalue weighted by molar-refractivity contribution is 5.95. The Morgan fingerprint density at radius 3 is 2.60 bits per heavy atom. The zero-order chi connectivity index (χ0) is 15.1. The molecule has 1 aromatic carbocycles. The Kier molecular flexibility index (Phi) is 5.52. The molecule has 1 rings (SSSR count). The maximum atomic E-state index is 11.6. The lowest BCUT2D eigenvalue weighted by atomic mass is 10.1. The molecule has 0 radical (unpaired) electrons. The van der Waals surface area contributed by atoms with Gasteiger partial charge in [0, 0.05) is 17.8 Å². The average molecular weight is 279 g/mol. The van der Waals surface area contributed by atoms with E-state index in [4.69, 9.17) is 10.8 Å². The van der Waals surface area contributed by atoms with Gasteiger partial charge < -0.3 is 21.5 Å². The van der Waals surface area contributed by atoms with Gasteiger partial charge in [0.05, 0.1) is 5.92 Å². The highest BCUT2D eigenvalue weighted by Crippen LogP contribution is 2.10. The van der Waals surface area contributed by atoms with Crippen LogP contribution in [0.4, 0.5) is 10.5 Å². The third-order valence-corrected chi connectivity index (χ3v) is 2.76. The Morgan fingerprint density at radius 2 is 2.05 bits per heavy atom. The minimum absolute atomic E-state index is 0.0349. The second-order valence-corrected chi connectivity index (χ2v) is 4.22. The summed E-state index contributed by atoms with van der Waals surface area (Å²) in [5.74, 6) is -2.17. The number of carbonyl (C=O) groups is 3. The van der Waals surface area contributed by atoms with E-state index in [1.54, 1.807) is 19.1 Å². The molecule has 7 heteroatoms. The van der Waals surface area contributed by atoms with E-state index in [2.05, 4.69) is 10.6 Å². The van der Waals surface area contributed by atoms with Crippen LogP contribution < -0.4 is 16.4 Å². The first-order valence-corrected chi connectivity index (χ1v) is 6.11. The van der Waals surface area contributed by atoms with Crippen molar-refractivity contribution in [2.45, 2.75) is 13.3 Å². The molecule has 0 bridgehead atoms. The molecule has 1 atom stereocenters. The Bertz CT molecular complexity index is 516. The quantitative estimate of drug-likeness (QED) is 0.621. The van der Waals surface area contributed by atoms with Crippen molar-refractivity contribution in [1.82, 2.24) is 5.32 Å². The number of carboxylic acid groups (broad SMARTS) is 1. The Morgan fingerprint density at radius 1 is 1.35 bits per heavy atom. The number of primary amides is 1. The molecule has 7 nitrogen and oxygen atoms in total. The second kappa shape index (κ2) is 7.13. The molecular weight excluding hydrogens is 262 g/mol. The normalized spacial score (nSPS) is 11.4. The summed E-state index contributed by atoms with van der Waals surface area (Å²) in [5.41, 5.74) is 5.81. The lowest BCUT2D eigenvalue weighted by molar-refractivity contribution is -0.141. The molecular formula is C13H17N3O4. The summed E-state index contributed by atoms with van der Waals surface area (Å²) in [6.45, 7) is 1.77. The molecule has 0 saturated carbocycles. The molecule has 0 aliphatic rings. The van der Waals surface area contributed by atoms with Crippen molar-refractivity contribution >= 4 is 23.6 Å². The number of nitrogens with two attached hydrogens (primary N) is 1. The number of anilines is 1. The van der Waals surface area contributed by atoms with E-state index in [-0.39, 0.29) is 12.1 Å². The molecule has 0 fully saturated rings. The molecule has 0 aliphatic carbocycles. The fourth-order valence-corrected chi connectivity index (χ4v) is 1.55. The number of carboxylic acids is 1. The van der Waals surface area contributed by atoms with E-state index in [0.29, 0.717) is 12.1 Å². The fraction of sp³-hybridized carbons (Fsp3) is 0.308. The topological polar surface area (TPSA) is 122 Å². The van der Waals surface area contributed by atoms with Crippen LogP contribution in [0.1, 0.15) is 23.7 Å². The lowest BCUT2D eigenvalue weighted by Gasteiger charge is -2.12. The number of hydrogen-bond donors (Lipinski definition) is 4. The van der Waals surface area contributed by atoms with Crippen molar-refractivity contribution in [3.8, 4) is 0 Å². The van der Waals surface area contributed by atoms with Gasteiger partial charge in [-0.25, -0.2) is 4.79 Å². The van der Waals surface area contributed by atoms with Crippen LogP contribution in [0.5, 0.6) is 0 Å². The summed E-state index contributed by atoms with van der Waals surface area (Å²) in [6.07, 6.45) is 0.423. The minimum Gasteiger partial charge on any atom is -0.481 e. The predicted molar refractivity (Wildman–Crippen MR) is 73.4 cm³/mol. The summed E-state index contributed by atoms with van der Waals surface area (Å²) < 4.78 is 0. The predicted octanol–water partition coefficient (Wildman–Crippen LogP) is 1.02. The summed E-state index contributed by atoms with van der Waals surface area (Å²) in [4.78, 5) is 33.4. The summed E-state index contributed by atoms with van der Waals surface area (Å²) in [5, 5.41) is 13.8. The Balaban J connectivity index is 2.56. The smallest absolute Gasteiger partial charge is 0.319 e. The molecule has 20 heavy (non-hydrogen) atoms. The third kappa shape index (κ3) is 4.60. The zero-order valence-electron chi connectivity index (χ0n) is 11.1. The SMILES string of the molecule is CCC(CNC(=O)Nc1cccc(C(N)=O)c1)C(=O)O. The molecule has 1 unspecified atom stereocenters. The summed E-state index contributed by atoms with van der Waals surface area (Å²) in [6, 6.07) is 5.62. The van der Waals surface area contributed by atoms with Crippen LogP contribution in [0.25, 0.3) is 0 Å². The summed E-state index contributed by atoms with van der Waals surface area (Å²) in [7, 11) is 0. The molecule has 0 spiro atoms. The summed E-state index contributed by atoms with van der Waals surface area (Å²) >= 11 is 0. The number of hydrogen-bond acceptors (Lipinski definition) is 3. The number of rotatable bonds is 6. The average Bonchev–Trinajstić information content (AvgIpc) is 2.39. The molecule has 5 N–H and O–H groups in total. The fourth-order valence-electron chi connectivity index (χ4n) is 1.55. The van der Waals surface area contributed by atoms with Gasteiger partial charge in [0.25, 0.3) is 0 Å². The molecule has 0 aromatic heterocycles. The molecule has 0 heterocycles. The van der Waals surface area contributed by atoms with E-state index in [9.17, 15) is 14.4 Å². The van der Waals surface area contributed by atoms with Gasteiger partial charge in [-0.3, -0.25) is 9.59 Å². The molecule has 1 aromatic rings. The van der Waals surface area contributed by atoms with Gasteiger partial charge in [0.15, 0.2) is 0 Å². The maximum absolute atomic E-state index is 11.6. The van der Waals surface area contributed by atoms with E-state index < -0.39 is 23.8 Å². The van der Waals surface area contributed by atoms with Crippen molar-refractivity contribution in [3.63, 3.8) is 0 Å². The van der Waals surface area contributed by atoms with Crippen LogP contribution in [0.3, 0.4) is 0 Å². The standard InChI is InChI=1S/C13H17N3O4/c1-2-8(12(18)19)7-15-13(20)16-10-5-3-4-9(6-10)11(14)17/h3-6,8H,2,7H2,1H3,(H2,14,17)(H,18,19)(H2,15,16,20). The largest absolute Gasteiger partial charge is 0.481 e. The van der Waals surface area contributed by atoms with Gasteiger partial charge in [-0.05, 0) is 24.6 Å². The molecule has 0 aliphatic heterocycles. The lowest BCUT2D eigenvalue weighted by Crippen LogP contribution is -2.35. The Hall–Kier alpha value is -2.57. The van der Waals surface area contributed by atoms with Crippen molar-refractivity contribution in [2.75, 3.05) is 11.9 Å². The first kappa shape index (κ1) is 15.5.